The average Bonchev–Trinajstić information content (AvgIpc) is 3.04. The number of hydroxylamine groups is 2. The molecule has 0 radical (unpaired) electrons. The van der Waals surface area contributed by atoms with Crippen LogP contribution in [0.2, 0.25) is 0 Å². The van der Waals surface area contributed by atoms with Gasteiger partial charge in [-0.15, -0.1) is 0 Å². The highest BCUT2D eigenvalue weighted by atomic mass is 16.7. The molecule has 1 spiro atoms. The van der Waals surface area contributed by atoms with Gasteiger partial charge >= 0.3 is 5.97 Å². The Kier molecular flexibility index (Phi) is 5.55. The summed E-state index contributed by atoms with van der Waals surface area (Å²) in [6.07, 6.45) is 0.937. The third-order valence-electron chi connectivity index (χ3n) is 6.11. The fraction of sp³-hybridized carbons (Fsp3) is 0.571. The summed E-state index contributed by atoms with van der Waals surface area (Å²) in [5, 5.41) is 1.36. The fourth-order valence-corrected chi connectivity index (χ4v) is 4.62. The number of ether oxygens (including phenoxy) is 3. The number of amides is 2. The Balaban J connectivity index is 1.52. The minimum absolute atomic E-state index is 0.0583. The maximum Gasteiger partial charge on any atom is 0.311 e. The average molecular weight is 418 g/mol. The van der Waals surface area contributed by atoms with E-state index in [2.05, 4.69) is 0 Å². The third-order valence-corrected chi connectivity index (χ3v) is 6.11. The molecule has 1 atom stereocenters. The zero-order chi connectivity index (χ0) is 21.3. The van der Waals surface area contributed by atoms with E-state index in [4.69, 9.17) is 19.0 Å². The summed E-state index contributed by atoms with van der Waals surface area (Å²) in [6.45, 7) is 3.86. The van der Waals surface area contributed by atoms with Gasteiger partial charge in [-0.05, 0) is 38.0 Å². The molecule has 0 aromatic heterocycles. The predicted octanol–water partition coefficient (Wildman–Crippen LogP) is 1.41. The molecule has 2 saturated heterocycles. The van der Waals surface area contributed by atoms with Crippen molar-refractivity contribution >= 4 is 17.8 Å². The summed E-state index contributed by atoms with van der Waals surface area (Å²) in [5.41, 5.74) is -0.270. The fourth-order valence-electron chi connectivity index (χ4n) is 4.62. The summed E-state index contributed by atoms with van der Waals surface area (Å²) >= 11 is 0. The summed E-state index contributed by atoms with van der Waals surface area (Å²) in [6, 6.07) is 5.17. The van der Waals surface area contributed by atoms with Crippen LogP contribution < -0.4 is 9.47 Å². The van der Waals surface area contributed by atoms with Crippen LogP contribution >= 0.6 is 0 Å². The van der Waals surface area contributed by atoms with Crippen molar-refractivity contribution in [3.63, 3.8) is 0 Å². The van der Waals surface area contributed by atoms with Crippen molar-refractivity contribution in [2.24, 2.45) is 5.92 Å². The second-order valence-electron chi connectivity index (χ2n) is 7.64. The molecule has 1 aromatic carbocycles. The second-order valence-corrected chi connectivity index (χ2v) is 7.64. The first-order chi connectivity index (χ1) is 14.5. The van der Waals surface area contributed by atoms with Gasteiger partial charge < -0.3 is 19.1 Å². The lowest BCUT2D eigenvalue weighted by atomic mass is 9.77. The molecule has 2 amide bonds. The molecule has 0 aliphatic carbocycles. The number of fused-ring (bicyclic) bond motifs is 1. The van der Waals surface area contributed by atoms with Crippen LogP contribution in [0.4, 0.5) is 0 Å². The van der Waals surface area contributed by atoms with E-state index in [-0.39, 0.29) is 18.2 Å². The van der Waals surface area contributed by atoms with Crippen LogP contribution in [0.25, 0.3) is 0 Å². The van der Waals surface area contributed by atoms with Crippen LogP contribution in [0, 0.1) is 5.92 Å². The first-order valence-corrected chi connectivity index (χ1v) is 10.2. The Bertz CT molecular complexity index is 848. The van der Waals surface area contributed by atoms with Crippen molar-refractivity contribution in [1.29, 1.82) is 0 Å². The standard InChI is InChI=1S/C21H26N2O7/c1-3-30-23-18(24)13-15(20(26)27-2)21(23)6-8-22(9-7-21)19(25)14-4-5-16-17(12-14)29-11-10-28-16/h4-5,12,15H,3,6-11,13H2,1-2H3/t15-/m0/s1. The predicted molar refractivity (Wildman–Crippen MR) is 104 cm³/mol. The van der Waals surface area contributed by atoms with Crippen molar-refractivity contribution in [3.8, 4) is 11.5 Å². The minimum atomic E-state index is -0.788. The van der Waals surface area contributed by atoms with E-state index in [1.807, 2.05) is 0 Å². The van der Waals surface area contributed by atoms with Crippen LogP contribution in [-0.4, -0.2) is 73.3 Å². The Morgan fingerprint density at radius 2 is 1.87 bits per heavy atom. The smallest absolute Gasteiger partial charge is 0.311 e. The monoisotopic (exact) mass is 418 g/mol. The number of piperidine rings is 1. The van der Waals surface area contributed by atoms with Gasteiger partial charge in [-0.1, -0.05) is 0 Å². The molecule has 2 fully saturated rings. The number of carbonyl (C=O) groups is 3. The molecule has 162 valence electrons. The van der Waals surface area contributed by atoms with Crippen molar-refractivity contribution < 1.29 is 33.4 Å². The van der Waals surface area contributed by atoms with Crippen LogP contribution in [0.5, 0.6) is 11.5 Å². The molecule has 9 heteroatoms. The van der Waals surface area contributed by atoms with Crippen molar-refractivity contribution in [1.82, 2.24) is 9.96 Å². The normalized spacial score (nSPS) is 22.3. The Hall–Kier alpha value is -2.81. The number of nitrogens with zero attached hydrogens (tertiary/aromatic N) is 2. The van der Waals surface area contributed by atoms with Crippen LogP contribution in [0.15, 0.2) is 18.2 Å². The maximum absolute atomic E-state index is 13.1. The maximum atomic E-state index is 13.1. The van der Waals surface area contributed by atoms with E-state index in [0.29, 0.717) is 62.8 Å². The molecule has 1 aromatic rings. The summed E-state index contributed by atoms with van der Waals surface area (Å²) < 4.78 is 16.0. The van der Waals surface area contributed by atoms with Crippen LogP contribution in [-0.2, 0) is 19.2 Å². The van der Waals surface area contributed by atoms with Gasteiger partial charge in [0.25, 0.3) is 5.91 Å². The van der Waals surface area contributed by atoms with Crippen molar-refractivity contribution in [2.45, 2.75) is 31.7 Å². The molecule has 0 bridgehead atoms. The SMILES string of the molecule is CCON1C(=O)C[C@@H](C(=O)OC)C12CCN(C(=O)c1ccc3c(c1)OCCO3)CC2. The molecule has 3 aliphatic rings. The largest absolute Gasteiger partial charge is 0.486 e. The van der Waals surface area contributed by atoms with E-state index in [0.717, 1.165) is 0 Å². The Labute approximate surface area is 174 Å². The quantitative estimate of drug-likeness (QED) is 0.682. The molecular formula is C21H26N2O7. The van der Waals surface area contributed by atoms with Gasteiger partial charge in [0.05, 0.1) is 25.2 Å². The molecule has 0 unspecified atom stereocenters. The van der Waals surface area contributed by atoms with Gasteiger partial charge in [0.2, 0.25) is 5.91 Å². The molecule has 0 N–H and O–H groups in total. The van der Waals surface area contributed by atoms with Crippen LogP contribution in [0.3, 0.4) is 0 Å². The van der Waals surface area contributed by atoms with Crippen molar-refractivity contribution in [2.75, 3.05) is 40.0 Å². The highest BCUT2D eigenvalue weighted by Gasteiger charge is 2.58. The summed E-state index contributed by atoms with van der Waals surface area (Å²) in [5.74, 6) is -0.170. The van der Waals surface area contributed by atoms with Gasteiger partial charge in [-0.2, -0.15) is 0 Å². The number of likely N-dealkylation sites (tertiary alicyclic amines) is 1. The van der Waals surface area contributed by atoms with E-state index in [1.165, 1.54) is 12.2 Å². The highest BCUT2D eigenvalue weighted by molar-refractivity contribution is 5.95. The highest BCUT2D eigenvalue weighted by Crippen LogP contribution is 2.44. The number of benzene rings is 1. The van der Waals surface area contributed by atoms with Gasteiger partial charge in [0.1, 0.15) is 13.2 Å². The zero-order valence-electron chi connectivity index (χ0n) is 17.2. The van der Waals surface area contributed by atoms with E-state index in [1.54, 1.807) is 30.0 Å². The molecule has 0 saturated carbocycles. The molecule has 3 aliphatic heterocycles. The number of hydrogen-bond acceptors (Lipinski definition) is 7. The third kappa shape index (κ3) is 3.36. The molecular weight excluding hydrogens is 392 g/mol. The lowest BCUT2D eigenvalue weighted by molar-refractivity contribution is -0.220. The number of carbonyl (C=O) groups excluding carboxylic acids is 3. The number of rotatable bonds is 4. The second kappa shape index (κ2) is 8.14. The van der Waals surface area contributed by atoms with Gasteiger partial charge in [0.15, 0.2) is 11.5 Å². The molecule has 3 heterocycles. The van der Waals surface area contributed by atoms with Crippen molar-refractivity contribution in [3.05, 3.63) is 23.8 Å². The lowest BCUT2D eigenvalue weighted by Gasteiger charge is -2.45. The van der Waals surface area contributed by atoms with Gasteiger partial charge in [0, 0.05) is 25.1 Å². The molecule has 30 heavy (non-hydrogen) atoms. The summed E-state index contributed by atoms with van der Waals surface area (Å²) in [7, 11) is 1.32. The Morgan fingerprint density at radius 1 is 1.17 bits per heavy atom. The summed E-state index contributed by atoms with van der Waals surface area (Å²) in [4.78, 5) is 45.3. The Morgan fingerprint density at radius 3 is 2.53 bits per heavy atom. The first kappa shape index (κ1) is 20.5. The lowest BCUT2D eigenvalue weighted by Crippen LogP contribution is -2.58. The van der Waals surface area contributed by atoms with Gasteiger partial charge in [-0.3, -0.25) is 19.2 Å². The topological polar surface area (TPSA) is 94.6 Å². The first-order valence-electron chi connectivity index (χ1n) is 10.2. The number of hydrogen-bond donors (Lipinski definition) is 0. The van der Waals surface area contributed by atoms with Crippen LogP contribution in [0.1, 0.15) is 36.5 Å². The van der Waals surface area contributed by atoms with E-state index >= 15 is 0 Å². The number of esters is 1. The van der Waals surface area contributed by atoms with Gasteiger partial charge in [-0.25, -0.2) is 5.06 Å². The van der Waals surface area contributed by atoms with E-state index in [9.17, 15) is 14.4 Å². The van der Waals surface area contributed by atoms with E-state index < -0.39 is 17.4 Å². The zero-order valence-corrected chi connectivity index (χ0v) is 17.2. The minimum Gasteiger partial charge on any atom is -0.486 e. The number of methoxy groups -OCH3 is 1. The molecule has 9 nitrogen and oxygen atoms in total. The molecule has 4 rings (SSSR count).